The van der Waals surface area contributed by atoms with E-state index >= 15 is 0 Å². The third kappa shape index (κ3) is 13.0. The summed E-state index contributed by atoms with van der Waals surface area (Å²) >= 11 is 4.77. The van der Waals surface area contributed by atoms with E-state index in [1.54, 1.807) is 65.7 Å². The van der Waals surface area contributed by atoms with Crippen LogP contribution in [0.4, 0.5) is 0 Å². The fourth-order valence-electron chi connectivity index (χ4n) is 9.62. The second-order valence-electron chi connectivity index (χ2n) is 20.9. The molecule has 0 radical (unpaired) electrons. The number of phenols is 1. The number of nitrogens with zero attached hydrogens (tertiary/aromatic N) is 4. The molecule has 2 fully saturated rings. The molecule has 68 heavy (non-hydrogen) atoms. The van der Waals surface area contributed by atoms with Gasteiger partial charge in [-0.2, -0.15) is 0 Å². The van der Waals surface area contributed by atoms with Crippen molar-refractivity contribution in [2.75, 3.05) is 26.4 Å². The molecule has 5 rings (SSSR count). The number of benzene rings is 2. The maximum Gasteiger partial charge on any atom is 0.249 e. The average Bonchev–Trinajstić information content (AvgIpc) is 4.05. The third-order valence-electron chi connectivity index (χ3n) is 13.7. The Morgan fingerprint density at radius 3 is 2.16 bits per heavy atom. The second kappa shape index (κ2) is 22.9. The van der Waals surface area contributed by atoms with Gasteiger partial charge in [0.15, 0.2) is 5.78 Å². The number of aromatic hydroxyl groups is 1. The fourth-order valence-corrected chi connectivity index (χ4v) is 11.3. The number of ketones is 2. The van der Waals surface area contributed by atoms with Crippen molar-refractivity contribution in [1.82, 2.24) is 25.3 Å². The van der Waals surface area contributed by atoms with Crippen LogP contribution < -0.4 is 10.6 Å². The lowest BCUT2D eigenvalue weighted by atomic mass is 9.83. The number of aliphatic imine (C=N–C) groups is 1. The Kier molecular flexibility index (Phi) is 18.3. The Balaban J connectivity index is 1.40. The Morgan fingerprint density at radius 1 is 0.912 bits per heavy atom. The molecular weight excluding hydrogens is 949 g/mol. The summed E-state index contributed by atoms with van der Waals surface area (Å²) in [5, 5.41) is 16.7. The zero-order chi connectivity index (χ0) is 50.4. The fraction of sp³-hybridized carbons (Fsp3) is 0.615. The minimum absolute atomic E-state index is 0.00470. The monoisotopic (exact) mass is 1020 g/mol. The maximum atomic E-state index is 15.0. The molecule has 2 aromatic rings. The summed E-state index contributed by atoms with van der Waals surface area (Å²) in [6.07, 6.45) is 3.65. The van der Waals surface area contributed by atoms with Gasteiger partial charge in [-0.15, -0.1) is 11.8 Å². The first kappa shape index (κ1) is 54.4. The number of likely N-dealkylation sites (tertiary alicyclic amines) is 1. The molecule has 9 atom stereocenters. The van der Waals surface area contributed by atoms with Crippen molar-refractivity contribution >= 4 is 73.8 Å². The molecular formula is C52H73BrN6O8S. The normalized spacial score (nSPS) is 23.3. The van der Waals surface area contributed by atoms with Crippen molar-refractivity contribution in [1.29, 1.82) is 0 Å². The lowest BCUT2D eigenvalue weighted by Gasteiger charge is -2.35. The molecule has 3 aliphatic rings. The van der Waals surface area contributed by atoms with Gasteiger partial charge < -0.3 is 30.4 Å². The molecule has 14 nitrogen and oxygen atoms in total. The van der Waals surface area contributed by atoms with Crippen LogP contribution in [0.15, 0.2) is 58.0 Å². The number of phenolic OH excluding ortho intramolecular Hbond substituents is 1. The van der Waals surface area contributed by atoms with E-state index in [0.717, 1.165) is 12.0 Å². The van der Waals surface area contributed by atoms with Crippen LogP contribution in [0.3, 0.4) is 0 Å². The molecule has 3 N–H and O–H groups in total. The highest BCUT2D eigenvalue weighted by atomic mass is 79.9. The summed E-state index contributed by atoms with van der Waals surface area (Å²) in [5.74, 6) is -2.44. The van der Waals surface area contributed by atoms with E-state index in [-0.39, 0.29) is 65.5 Å². The number of thioether (sulfide) groups is 1. The standard InChI is InChI=1S/C52H73BrN6O8S/c1-12-42(60)35-19-16-20-36(35)44(62)39(26-33-17-14-13-15-18-33)57(10)47(64)38(23-30(2)3)55-50(67)52(9)29-68-45(56-52)40-24-31(4)28-59(40)48(65)41(27-34-21-22-43(61)37(53)25-34)58(11)46(63)32(5)54-49(66)51(6,7)8/h13-15,17-18,21-22,25,30-32,35-36,38-41,61H,12,16,19-20,23-24,26-29H2,1-11H3,(H,54,66)(H,55,67)/t31?,32?,35-,36?,38-,39+,40?,41?,52+/m1/s1. The van der Waals surface area contributed by atoms with E-state index in [4.69, 9.17) is 4.99 Å². The quantitative estimate of drug-likeness (QED) is 0.137. The maximum absolute atomic E-state index is 15.0. The summed E-state index contributed by atoms with van der Waals surface area (Å²) in [5.41, 5.74) is -0.458. The predicted octanol–water partition coefficient (Wildman–Crippen LogP) is 6.78. The molecule has 5 amide bonds. The molecule has 2 aromatic carbocycles. The van der Waals surface area contributed by atoms with Gasteiger partial charge in [-0.3, -0.25) is 38.6 Å². The molecule has 0 bridgehead atoms. The summed E-state index contributed by atoms with van der Waals surface area (Å²) in [7, 11) is 3.18. The Morgan fingerprint density at radius 2 is 1.54 bits per heavy atom. The number of amides is 5. The molecule has 1 saturated carbocycles. The molecule has 0 spiro atoms. The summed E-state index contributed by atoms with van der Waals surface area (Å²) in [6, 6.07) is 10.2. The lowest BCUT2D eigenvalue weighted by molar-refractivity contribution is -0.146. The van der Waals surface area contributed by atoms with Gasteiger partial charge in [0, 0.05) is 56.5 Å². The predicted molar refractivity (Wildman–Crippen MR) is 270 cm³/mol. The molecule has 2 aliphatic heterocycles. The van der Waals surface area contributed by atoms with E-state index in [9.17, 15) is 38.7 Å². The van der Waals surface area contributed by atoms with Crippen LogP contribution in [-0.2, 0) is 46.4 Å². The number of nitrogens with one attached hydrogen (secondary N) is 2. The zero-order valence-electron chi connectivity index (χ0n) is 41.8. The number of likely N-dealkylation sites (N-methyl/N-ethyl adjacent to an activating group) is 2. The zero-order valence-corrected chi connectivity index (χ0v) is 44.2. The van der Waals surface area contributed by atoms with Crippen molar-refractivity contribution in [3.05, 3.63) is 64.1 Å². The van der Waals surface area contributed by atoms with Gasteiger partial charge in [-0.1, -0.05) is 91.3 Å². The largest absolute Gasteiger partial charge is 0.507 e. The number of hydrogen-bond donors (Lipinski definition) is 3. The highest BCUT2D eigenvalue weighted by molar-refractivity contribution is 9.10. The summed E-state index contributed by atoms with van der Waals surface area (Å²) < 4.78 is 0.440. The Bertz CT molecular complexity index is 2230. The third-order valence-corrected chi connectivity index (χ3v) is 15.7. The summed E-state index contributed by atoms with van der Waals surface area (Å²) in [4.78, 5) is 108. The van der Waals surface area contributed by atoms with Gasteiger partial charge in [0.2, 0.25) is 29.5 Å². The molecule has 16 heteroatoms. The number of rotatable bonds is 19. The number of carbonyl (C=O) groups is 7. The molecule has 1 aliphatic carbocycles. The highest BCUT2D eigenvalue weighted by Crippen LogP contribution is 2.38. The molecule has 1 saturated heterocycles. The lowest BCUT2D eigenvalue weighted by Crippen LogP contribution is -2.57. The van der Waals surface area contributed by atoms with Crippen LogP contribution in [0.25, 0.3) is 0 Å². The minimum atomic E-state index is -1.30. The van der Waals surface area contributed by atoms with Gasteiger partial charge in [-0.05, 0) is 97.0 Å². The molecule has 0 aromatic heterocycles. The number of hydrogen-bond acceptors (Lipinski definition) is 10. The number of Topliss-reactive ketones (excluding diaryl/α,β-unsaturated/α-hetero) is 2. The Labute approximate surface area is 415 Å². The van der Waals surface area contributed by atoms with Crippen molar-refractivity contribution in [3.8, 4) is 5.75 Å². The molecule has 2 heterocycles. The van der Waals surface area contributed by atoms with Crippen LogP contribution in [0.2, 0.25) is 0 Å². The van der Waals surface area contributed by atoms with E-state index in [2.05, 4.69) is 26.6 Å². The van der Waals surface area contributed by atoms with Crippen LogP contribution in [0.1, 0.15) is 112 Å². The van der Waals surface area contributed by atoms with Gasteiger partial charge >= 0.3 is 0 Å². The topological polar surface area (TPSA) is 186 Å². The SMILES string of the molecule is CCC(=O)[C@@H]1CCCC1C(=O)[C@H](Cc1ccccc1)N(C)C(=O)[C@@H](CC(C)C)NC(=O)[C@]1(C)CSC(C2CC(C)CN2C(=O)C(Cc2ccc(O)c(Br)c2)N(C)C(=O)C(C)NC(=O)C(C)(C)C)=N1. The van der Waals surface area contributed by atoms with Crippen LogP contribution in [0, 0.1) is 29.1 Å². The van der Waals surface area contributed by atoms with Crippen molar-refractivity contribution < 1.29 is 38.7 Å². The summed E-state index contributed by atoms with van der Waals surface area (Å²) in [6.45, 7) is 16.8. The smallest absolute Gasteiger partial charge is 0.249 e. The van der Waals surface area contributed by atoms with E-state index in [1.165, 1.54) is 27.6 Å². The van der Waals surface area contributed by atoms with Crippen LogP contribution in [-0.4, -0.2) is 128 Å². The minimum Gasteiger partial charge on any atom is -0.507 e. The first-order chi connectivity index (χ1) is 31.9. The van der Waals surface area contributed by atoms with Gasteiger partial charge in [0.25, 0.3) is 0 Å². The van der Waals surface area contributed by atoms with E-state index < -0.39 is 64.8 Å². The van der Waals surface area contributed by atoms with Crippen molar-refractivity contribution in [3.63, 3.8) is 0 Å². The molecule has 372 valence electrons. The average molecular weight is 1020 g/mol. The Hall–Kier alpha value is -4.57. The number of halogens is 1. The van der Waals surface area contributed by atoms with Gasteiger partial charge in [0.05, 0.1) is 21.6 Å². The first-order valence-electron chi connectivity index (χ1n) is 24.1. The second-order valence-corrected chi connectivity index (χ2v) is 22.8. The van der Waals surface area contributed by atoms with E-state index in [1.807, 2.05) is 58.0 Å². The van der Waals surface area contributed by atoms with E-state index in [0.29, 0.717) is 53.7 Å². The van der Waals surface area contributed by atoms with Crippen molar-refractivity contribution in [2.24, 2.45) is 34.1 Å². The van der Waals surface area contributed by atoms with Crippen LogP contribution >= 0.6 is 27.7 Å². The van der Waals surface area contributed by atoms with Gasteiger partial charge in [-0.25, -0.2) is 0 Å². The number of carbonyl (C=O) groups excluding carboxylic acids is 7. The van der Waals surface area contributed by atoms with Crippen LogP contribution in [0.5, 0.6) is 5.75 Å². The molecule has 5 unspecified atom stereocenters. The highest BCUT2D eigenvalue weighted by Gasteiger charge is 2.48. The van der Waals surface area contributed by atoms with Gasteiger partial charge in [0.1, 0.15) is 35.2 Å². The van der Waals surface area contributed by atoms with Crippen molar-refractivity contribution in [2.45, 2.75) is 149 Å². The first-order valence-corrected chi connectivity index (χ1v) is 25.9.